The molecule has 1 aromatic carbocycles. The third-order valence-corrected chi connectivity index (χ3v) is 4.47. The summed E-state index contributed by atoms with van der Waals surface area (Å²) < 4.78 is 62.8. The molecule has 0 aliphatic carbocycles. The lowest BCUT2D eigenvalue weighted by Gasteiger charge is -2.26. The van der Waals surface area contributed by atoms with Crippen LogP contribution in [0.15, 0.2) is 29.2 Å². The maximum absolute atomic E-state index is 13.3. The highest BCUT2D eigenvalue weighted by Crippen LogP contribution is 2.34. The van der Waals surface area contributed by atoms with Crippen molar-refractivity contribution in [2.24, 2.45) is 5.92 Å². The topological polar surface area (TPSA) is 83.5 Å². The zero-order valence-electron chi connectivity index (χ0n) is 13.5. The highest BCUT2D eigenvalue weighted by Gasteiger charge is 2.43. The molecule has 0 heterocycles. The van der Waals surface area contributed by atoms with Gasteiger partial charge in [0.25, 0.3) is 0 Å². The summed E-state index contributed by atoms with van der Waals surface area (Å²) in [6.07, 6.45) is -3.74. The molecule has 0 aliphatic heterocycles. The fraction of sp³-hybridized carbons (Fsp3) is 0.533. The van der Waals surface area contributed by atoms with Crippen LogP contribution in [0, 0.1) is 5.92 Å². The van der Waals surface area contributed by atoms with Gasteiger partial charge in [-0.1, -0.05) is 26.0 Å². The molecule has 0 aromatic heterocycles. The van der Waals surface area contributed by atoms with Crippen LogP contribution in [-0.2, 0) is 14.6 Å². The molecule has 0 unspecified atom stereocenters. The van der Waals surface area contributed by atoms with Gasteiger partial charge in [-0.25, -0.2) is 8.42 Å². The Labute approximate surface area is 138 Å². The predicted octanol–water partition coefficient (Wildman–Crippen LogP) is 2.78. The Morgan fingerprint density at radius 1 is 1.21 bits per heavy atom. The van der Waals surface area contributed by atoms with E-state index in [-0.39, 0.29) is 22.8 Å². The Morgan fingerprint density at radius 2 is 1.71 bits per heavy atom. The number of alkyl halides is 3. The van der Waals surface area contributed by atoms with Gasteiger partial charge in [-0.05, 0) is 30.0 Å². The van der Waals surface area contributed by atoms with Gasteiger partial charge in [-0.3, -0.25) is 10.1 Å². The maximum atomic E-state index is 13.3. The zero-order valence-corrected chi connectivity index (χ0v) is 14.3. The van der Waals surface area contributed by atoms with Crippen molar-refractivity contribution in [3.8, 4) is 0 Å². The second-order valence-electron chi connectivity index (χ2n) is 6.00. The second-order valence-corrected chi connectivity index (χ2v) is 8.02. The third-order valence-electron chi connectivity index (χ3n) is 3.34. The number of sulfone groups is 1. The number of carbonyl (C=O) groups is 1. The number of carboxylic acid groups (broad SMARTS) is 1. The molecule has 0 spiro atoms. The molecule has 0 amide bonds. The van der Waals surface area contributed by atoms with E-state index < -0.39 is 34.1 Å². The second kappa shape index (κ2) is 7.52. The lowest BCUT2D eigenvalue weighted by Crippen LogP contribution is -2.45. The number of hydrogen-bond donors (Lipinski definition) is 2. The molecular weight excluding hydrogens is 347 g/mol. The van der Waals surface area contributed by atoms with Gasteiger partial charge in [0, 0.05) is 6.26 Å². The van der Waals surface area contributed by atoms with E-state index in [4.69, 9.17) is 5.11 Å². The third kappa shape index (κ3) is 5.79. The van der Waals surface area contributed by atoms with Crippen molar-refractivity contribution in [3.63, 3.8) is 0 Å². The Bertz CT molecular complexity index is 669. The molecule has 9 heteroatoms. The molecule has 0 saturated carbocycles. The zero-order chi connectivity index (χ0) is 18.7. The van der Waals surface area contributed by atoms with E-state index in [1.54, 1.807) is 13.8 Å². The molecule has 0 radical (unpaired) electrons. The van der Waals surface area contributed by atoms with Gasteiger partial charge in [0.2, 0.25) is 0 Å². The SMILES string of the molecule is CC(C)C[C@H](N[C@@H](c1ccc(S(C)(=O)=O)cc1)C(F)(F)F)C(=O)O. The summed E-state index contributed by atoms with van der Waals surface area (Å²) >= 11 is 0. The molecule has 0 fully saturated rings. The minimum atomic E-state index is -4.72. The van der Waals surface area contributed by atoms with Crippen molar-refractivity contribution in [2.75, 3.05) is 6.26 Å². The highest BCUT2D eigenvalue weighted by atomic mass is 32.2. The first kappa shape index (κ1) is 20.4. The predicted molar refractivity (Wildman–Crippen MR) is 82.4 cm³/mol. The Kier molecular flexibility index (Phi) is 6.40. The lowest BCUT2D eigenvalue weighted by molar-refractivity contribution is -0.163. The number of carboxylic acids is 1. The van der Waals surface area contributed by atoms with Crippen LogP contribution in [0.1, 0.15) is 31.9 Å². The summed E-state index contributed by atoms with van der Waals surface area (Å²) in [5.41, 5.74) is -0.245. The Balaban J connectivity index is 3.16. The standard InChI is InChI=1S/C15H20F3NO4S/c1-9(2)8-12(14(20)21)19-13(15(16,17)18)10-4-6-11(7-5-10)24(3,22)23/h4-7,9,12-13,19H,8H2,1-3H3,(H,20,21)/t12-,13-/m0/s1. The molecule has 0 saturated heterocycles. The van der Waals surface area contributed by atoms with Gasteiger partial charge < -0.3 is 5.11 Å². The first-order valence-electron chi connectivity index (χ1n) is 7.18. The van der Waals surface area contributed by atoms with Gasteiger partial charge in [-0.2, -0.15) is 13.2 Å². The number of halogens is 3. The van der Waals surface area contributed by atoms with Crippen LogP contribution in [0.25, 0.3) is 0 Å². The van der Waals surface area contributed by atoms with E-state index in [9.17, 15) is 26.4 Å². The molecule has 1 aromatic rings. The van der Waals surface area contributed by atoms with Crippen molar-refractivity contribution in [1.82, 2.24) is 5.32 Å². The molecule has 0 bridgehead atoms. The summed E-state index contributed by atoms with van der Waals surface area (Å²) in [5, 5.41) is 11.3. The Hall–Kier alpha value is -1.61. The van der Waals surface area contributed by atoms with E-state index >= 15 is 0 Å². The van der Waals surface area contributed by atoms with Crippen LogP contribution in [0.2, 0.25) is 0 Å². The summed E-state index contributed by atoms with van der Waals surface area (Å²) in [7, 11) is -3.53. The van der Waals surface area contributed by atoms with Crippen molar-refractivity contribution in [1.29, 1.82) is 0 Å². The first-order valence-corrected chi connectivity index (χ1v) is 9.07. The average molecular weight is 367 g/mol. The number of rotatable bonds is 7. The summed E-state index contributed by atoms with van der Waals surface area (Å²) in [6.45, 7) is 3.42. The maximum Gasteiger partial charge on any atom is 0.407 e. The van der Waals surface area contributed by atoms with Gasteiger partial charge in [-0.15, -0.1) is 0 Å². The summed E-state index contributed by atoms with van der Waals surface area (Å²) in [5.74, 6) is -1.48. The smallest absolute Gasteiger partial charge is 0.407 e. The minimum absolute atomic E-state index is 0.0311. The van der Waals surface area contributed by atoms with Crippen molar-refractivity contribution < 1.29 is 31.5 Å². The minimum Gasteiger partial charge on any atom is -0.480 e. The largest absolute Gasteiger partial charge is 0.480 e. The Morgan fingerprint density at radius 3 is 2.04 bits per heavy atom. The normalized spacial score (nSPS) is 15.3. The lowest BCUT2D eigenvalue weighted by atomic mass is 10.0. The van der Waals surface area contributed by atoms with E-state index in [0.717, 1.165) is 30.5 Å². The quantitative estimate of drug-likeness (QED) is 0.774. The van der Waals surface area contributed by atoms with Gasteiger partial charge >= 0.3 is 12.1 Å². The molecule has 2 atom stereocenters. The van der Waals surface area contributed by atoms with Gasteiger partial charge in [0.1, 0.15) is 12.1 Å². The van der Waals surface area contributed by atoms with Gasteiger partial charge in [0.05, 0.1) is 4.90 Å². The molecular formula is C15H20F3NO4S. The summed E-state index contributed by atoms with van der Waals surface area (Å²) in [6, 6.07) is 0.648. The van der Waals surface area contributed by atoms with E-state index in [2.05, 4.69) is 5.32 Å². The van der Waals surface area contributed by atoms with E-state index in [0.29, 0.717) is 0 Å². The number of aliphatic carboxylic acids is 1. The molecule has 0 aliphatic rings. The van der Waals surface area contributed by atoms with Crippen LogP contribution in [0.3, 0.4) is 0 Å². The monoisotopic (exact) mass is 367 g/mol. The van der Waals surface area contributed by atoms with E-state index in [1.807, 2.05) is 0 Å². The first-order chi connectivity index (χ1) is 10.8. The van der Waals surface area contributed by atoms with E-state index in [1.165, 1.54) is 0 Å². The average Bonchev–Trinajstić information content (AvgIpc) is 2.40. The van der Waals surface area contributed by atoms with Crippen LogP contribution < -0.4 is 5.32 Å². The number of hydrogen-bond acceptors (Lipinski definition) is 4. The van der Waals surface area contributed by atoms with Crippen molar-refractivity contribution in [3.05, 3.63) is 29.8 Å². The summed E-state index contributed by atoms with van der Waals surface area (Å²) in [4.78, 5) is 11.1. The van der Waals surface area contributed by atoms with Crippen LogP contribution in [-0.4, -0.2) is 38.0 Å². The van der Waals surface area contributed by atoms with Gasteiger partial charge in [0.15, 0.2) is 9.84 Å². The molecule has 136 valence electrons. The number of benzene rings is 1. The molecule has 2 N–H and O–H groups in total. The van der Waals surface area contributed by atoms with Crippen molar-refractivity contribution >= 4 is 15.8 Å². The fourth-order valence-electron chi connectivity index (χ4n) is 2.20. The molecule has 5 nitrogen and oxygen atoms in total. The van der Waals surface area contributed by atoms with Crippen LogP contribution in [0.4, 0.5) is 13.2 Å². The van der Waals surface area contributed by atoms with Crippen LogP contribution in [0.5, 0.6) is 0 Å². The number of nitrogens with one attached hydrogen (secondary N) is 1. The molecule has 24 heavy (non-hydrogen) atoms. The highest BCUT2D eigenvalue weighted by molar-refractivity contribution is 7.90. The fourth-order valence-corrected chi connectivity index (χ4v) is 2.83. The van der Waals surface area contributed by atoms with Crippen LogP contribution >= 0.6 is 0 Å². The molecule has 1 rings (SSSR count). The van der Waals surface area contributed by atoms with Crippen molar-refractivity contribution in [2.45, 2.75) is 43.4 Å².